The predicted octanol–water partition coefficient (Wildman–Crippen LogP) is 2.14. The van der Waals surface area contributed by atoms with Gasteiger partial charge in [0.05, 0.1) is 12.1 Å². The maximum atomic E-state index is 13.7. The lowest BCUT2D eigenvalue weighted by molar-refractivity contribution is -0.0331. The molecular formula is C11H14BrFN2O. The van der Waals surface area contributed by atoms with E-state index in [1.54, 1.807) is 13.1 Å². The minimum absolute atomic E-state index is 0.191. The fraction of sp³-hybridized carbons (Fsp3) is 0.545. The average molecular weight is 289 g/mol. The van der Waals surface area contributed by atoms with E-state index in [1.807, 2.05) is 17.0 Å². The molecular weight excluding hydrogens is 275 g/mol. The lowest BCUT2D eigenvalue weighted by atomic mass is 9.92. The Morgan fingerprint density at radius 2 is 2.44 bits per heavy atom. The highest BCUT2D eigenvalue weighted by molar-refractivity contribution is 9.10. The van der Waals surface area contributed by atoms with Crippen LogP contribution in [0.5, 0.6) is 0 Å². The van der Waals surface area contributed by atoms with Gasteiger partial charge in [-0.3, -0.25) is 0 Å². The summed E-state index contributed by atoms with van der Waals surface area (Å²) in [6.07, 6.45) is 0.865. The second-order valence-corrected chi connectivity index (χ2v) is 5.27. The van der Waals surface area contributed by atoms with Crippen LogP contribution in [0.4, 0.5) is 10.2 Å². The number of piperidine rings is 1. The number of nitrogens with zero attached hydrogens (tertiary/aromatic N) is 2. The molecule has 0 radical (unpaired) electrons. The molecule has 2 rings (SSSR count). The van der Waals surface area contributed by atoms with Crippen LogP contribution >= 0.6 is 15.9 Å². The minimum Gasteiger partial charge on any atom is -0.387 e. The highest BCUT2D eigenvalue weighted by Gasteiger charge is 2.38. The van der Waals surface area contributed by atoms with Crippen LogP contribution in [0, 0.1) is 0 Å². The van der Waals surface area contributed by atoms with Gasteiger partial charge in [-0.1, -0.05) is 15.9 Å². The smallest absolute Gasteiger partial charge is 0.146 e. The number of pyridine rings is 1. The summed E-state index contributed by atoms with van der Waals surface area (Å²) in [6.45, 7) is 2.36. The van der Waals surface area contributed by atoms with Crippen molar-refractivity contribution in [1.29, 1.82) is 0 Å². The zero-order valence-corrected chi connectivity index (χ0v) is 10.6. The quantitative estimate of drug-likeness (QED) is 0.860. The van der Waals surface area contributed by atoms with E-state index in [1.165, 1.54) is 0 Å². The van der Waals surface area contributed by atoms with E-state index in [-0.39, 0.29) is 6.54 Å². The summed E-state index contributed by atoms with van der Waals surface area (Å²) in [5.41, 5.74) is -1.21. The minimum atomic E-state index is -1.23. The third-order valence-electron chi connectivity index (χ3n) is 2.97. The van der Waals surface area contributed by atoms with Crippen molar-refractivity contribution in [2.75, 3.05) is 18.0 Å². The number of anilines is 1. The largest absolute Gasteiger partial charge is 0.387 e. The van der Waals surface area contributed by atoms with Crippen LogP contribution in [0.25, 0.3) is 0 Å². The second-order valence-electron chi connectivity index (χ2n) is 4.35. The predicted molar refractivity (Wildman–Crippen MR) is 64.3 cm³/mol. The number of alkyl halides is 1. The molecule has 0 aromatic carbocycles. The van der Waals surface area contributed by atoms with Gasteiger partial charge in [-0.2, -0.15) is 0 Å². The zero-order chi connectivity index (χ0) is 11.8. The van der Waals surface area contributed by atoms with Crippen molar-refractivity contribution in [2.24, 2.45) is 0 Å². The summed E-state index contributed by atoms with van der Waals surface area (Å²) in [6, 6.07) is 3.68. The Hall–Kier alpha value is -0.680. The summed E-state index contributed by atoms with van der Waals surface area (Å²) < 4.78 is 14.6. The lowest BCUT2D eigenvalue weighted by Gasteiger charge is -2.39. The molecule has 0 amide bonds. The molecule has 3 nitrogen and oxygen atoms in total. The molecule has 5 heteroatoms. The van der Waals surface area contributed by atoms with Crippen LogP contribution in [0.15, 0.2) is 22.8 Å². The molecule has 1 fully saturated rings. The van der Waals surface area contributed by atoms with Crippen molar-refractivity contribution in [3.63, 3.8) is 0 Å². The van der Waals surface area contributed by atoms with E-state index in [0.717, 1.165) is 10.3 Å². The highest BCUT2D eigenvalue weighted by atomic mass is 79.9. The van der Waals surface area contributed by atoms with Gasteiger partial charge in [0.1, 0.15) is 12.0 Å². The van der Waals surface area contributed by atoms with Crippen LogP contribution in [-0.4, -0.2) is 35.0 Å². The average Bonchev–Trinajstić information content (AvgIpc) is 2.22. The highest BCUT2D eigenvalue weighted by Crippen LogP contribution is 2.28. The van der Waals surface area contributed by atoms with Crippen molar-refractivity contribution in [1.82, 2.24) is 4.98 Å². The van der Waals surface area contributed by atoms with Crippen LogP contribution in [-0.2, 0) is 0 Å². The number of hydrogen-bond donors (Lipinski definition) is 1. The van der Waals surface area contributed by atoms with Crippen LogP contribution in [0.1, 0.15) is 13.3 Å². The van der Waals surface area contributed by atoms with Crippen molar-refractivity contribution in [3.05, 3.63) is 22.8 Å². The number of aromatic nitrogens is 1. The first-order valence-corrected chi connectivity index (χ1v) is 6.01. The molecule has 0 saturated carbocycles. The van der Waals surface area contributed by atoms with Gasteiger partial charge in [-0.25, -0.2) is 9.37 Å². The van der Waals surface area contributed by atoms with E-state index in [4.69, 9.17) is 0 Å². The third-order valence-corrected chi connectivity index (χ3v) is 3.47. The normalized spacial score (nSPS) is 30.5. The maximum Gasteiger partial charge on any atom is 0.146 e. The van der Waals surface area contributed by atoms with Gasteiger partial charge in [0.2, 0.25) is 0 Å². The van der Waals surface area contributed by atoms with Crippen molar-refractivity contribution in [3.8, 4) is 0 Å². The van der Waals surface area contributed by atoms with Gasteiger partial charge in [0, 0.05) is 17.2 Å². The SMILES string of the molecule is C[C@]1(O)CCN(c2cc(Br)ccn2)C[C@H]1F. The fourth-order valence-electron chi connectivity index (χ4n) is 1.77. The van der Waals surface area contributed by atoms with Crippen LogP contribution in [0.2, 0.25) is 0 Å². The van der Waals surface area contributed by atoms with Crippen LogP contribution in [0.3, 0.4) is 0 Å². The topological polar surface area (TPSA) is 36.4 Å². The standard InChI is InChI=1S/C11H14BrFN2O/c1-11(16)3-5-15(7-9(11)13)10-6-8(12)2-4-14-10/h2,4,6,9,16H,3,5,7H2,1H3/t9-,11+/m1/s1. The molecule has 88 valence electrons. The molecule has 0 aliphatic carbocycles. The summed E-state index contributed by atoms with van der Waals surface area (Å²) in [7, 11) is 0. The van der Waals surface area contributed by atoms with E-state index >= 15 is 0 Å². The Labute approximate surface area is 102 Å². The monoisotopic (exact) mass is 288 g/mol. The van der Waals surface area contributed by atoms with Crippen molar-refractivity contribution >= 4 is 21.7 Å². The van der Waals surface area contributed by atoms with Gasteiger partial charge < -0.3 is 10.0 Å². The first-order valence-electron chi connectivity index (χ1n) is 5.22. The molecule has 16 heavy (non-hydrogen) atoms. The molecule has 2 heterocycles. The fourth-order valence-corrected chi connectivity index (χ4v) is 2.10. The molecule has 1 aromatic rings. The summed E-state index contributed by atoms with van der Waals surface area (Å²) >= 11 is 3.36. The molecule has 1 aromatic heterocycles. The number of hydrogen-bond acceptors (Lipinski definition) is 3. The Morgan fingerprint density at radius 3 is 3.06 bits per heavy atom. The number of aliphatic hydroxyl groups is 1. The van der Waals surface area contributed by atoms with E-state index in [9.17, 15) is 9.50 Å². The van der Waals surface area contributed by atoms with Crippen molar-refractivity contribution in [2.45, 2.75) is 25.1 Å². The summed E-state index contributed by atoms with van der Waals surface area (Å²) in [4.78, 5) is 6.05. The van der Waals surface area contributed by atoms with Gasteiger partial charge >= 0.3 is 0 Å². The molecule has 1 saturated heterocycles. The molecule has 1 N–H and O–H groups in total. The molecule has 0 unspecified atom stereocenters. The lowest BCUT2D eigenvalue weighted by Crippen LogP contribution is -2.52. The molecule has 0 bridgehead atoms. The first-order chi connectivity index (χ1) is 7.49. The molecule has 1 aliphatic heterocycles. The number of halogens is 2. The van der Waals surface area contributed by atoms with Crippen LogP contribution < -0.4 is 4.90 Å². The first kappa shape index (κ1) is 11.8. The van der Waals surface area contributed by atoms with E-state index < -0.39 is 11.8 Å². The zero-order valence-electron chi connectivity index (χ0n) is 9.03. The third kappa shape index (κ3) is 2.35. The Morgan fingerprint density at radius 1 is 1.69 bits per heavy atom. The van der Waals surface area contributed by atoms with E-state index in [2.05, 4.69) is 20.9 Å². The second kappa shape index (κ2) is 4.30. The van der Waals surface area contributed by atoms with Gasteiger partial charge in [0.15, 0.2) is 0 Å². The molecule has 2 atom stereocenters. The van der Waals surface area contributed by atoms with Crippen molar-refractivity contribution < 1.29 is 9.50 Å². The Kier molecular flexibility index (Phi) is 3.17. The summed E-state index contributed by atoms with van der Waals surface area (Å²) in [5.74, 6) is 0.743. The Balaban J connectivity index is 2.14. The maximum absolute atomic E-state index is 13.7. The Bertz CT molecular complexity index is 386. The number of rotatable bonds is 1. The summed E-state index contributed by atoms with van der Waals surface area (Å²) in [5, 5.41) is 9.73. The molecule has 0 spiro atoms. The molecule has 1 aliphatic rings. The van der Waals surface area contributed by atoms with E-state index in [0.29, 0.717) is 13.0 Å². The van der Waals surface area contributed by atoms with Gasteiger partial charge in [-0.15, -0.1) is 0 Å². The van der Waals surface area contributed by atoms with Gasteiger partial charge in [0.25, 0.3) is 0 Å². The van der Waals surface area contributed by atoms with Gasteiger partial charge in [-0.05, 0) is 25.5 Å².